The zero-order valence-corrected chi connectivity index (χ0v) is 7.60. The number of hydrogen-bond donors (Lipinski definition) is 0. The molecule has 62 valence electrons. The van der Waals surface area contributed by atoms with Crippen LogP contribution in [0.15, 0.2) is 33.9 Å². The minimum atomic E-state index is 0.763. The second-order valence-corrected chi connectivity index (χ2v) is 3.60. The zero-order valence-electron chi connectivity index (χ0n) is 6.78. The van der Waals surface area contributed by atoms with Gasteiger partial charge in [0.2, 0.25) is 0 Å². The summed E-state index contributed by atoms with van der Waals surface area (Å²) in [6, 6.07) is 7.81. The number of nitrogens with zero attached hydrogens (tertiary/aromatic N) is 1. The number of thioether (sulfide) groups is 1. The van der Waals surface area contributed by atoms with Crippen molar-refractivity contribution < 1.29 is 4.42 Å². The Bertz CT molecular complexity index is 350. The minimum Gasteiger partial charge on any atom is -0.431 e. The van der Waals surface area contributed by atoms with Crippen molar-refractivity contribution in [3.05, 3.63) is 24.3 Å². The summed E-state index contributed by atoms with van der Waals surface area (Å²) in [5.41, 5.74) is 1.81. The molecule has 0 saturated carbocycles. The molecule has 12 heavy (non-hydrogen) atoms. The lowest BCUT2D eigenvalue weighted by molar-refractivity contribution is 0.489. The quantitative estimate of drug-likeness (QED) is 0.663. The highest BCUT2D eigenvalue weighted by Crippen LogP contribution is 2.22. The first kappa shape index (κ1) is 7.68. The molecule has 0 aliphatic carbocycles. The summed E-state index contributed by atoms with van der Waals surface area (Å²) in [6.45, 7) is 2.08. The molecule has 1 aromatic heterocycles. The van der Waals surface area contributed by atoms with E-state index >= 15 is 0 Å². The van der Waals surface area contributed by atoms with Gasteiger partial charge in [-0.15, -0.1) is 0 Å². The minimum absolute atomic E-state index is 0.763. The maximum atomic E-state index is 5.46. The van der Waals surface area contributed by atoms with Gasteiger partial charge in [-0.1, -0.05) is 30.8 Å². The summed E-state index contributed by atoms with van der Waals surface area (Å²) in [4.78, 5) is 4.30. The summed E-state index contributed by atoms with van der Waals surface area (Å²) < 4.78 is 5.46. The van der Waals surface area contributed by atoms with Crippen LogP contribution in [-0.4, -0.2) is 10.7 Å². The Kier molecular flexibility index (Phi) is 2.04. The fourth-order valence-electron chi connectivity index (χ4n) is 1.04. The number of para-hydroxylation sites is 2. The van der Waals surface area contributed by atoms with E-state index < -0.39 is 0 Å². The molecule has 1 aromatic carbocycles. The predicted molar refractivity (Wildman–Crippen MR) is 50.4 cm³/mol. The molecule has 0 amide bonds. The maximum Gasteiger partial charge on any atom is 0.256 e. The SMILES string of the molecule is CCSc1nc2ccccc2o1. The molecule has 0 radical (unpaired) electrons. The molecule has 0 spiro atoms. The van der Waals surface area contributed by atoms with E-state index in [2.05, 4.69) is 11.9 Å². The van der Waals surface area contributed by atoms with Crippen molar-refractivity contribution in [3.63, 3.8) is 0 Å². The molecule has 2 rings (SSSR count). The third-order valence-electron chi connectivity index (χ3n) is 1.54. The Morgan fingerprint density at radius 3 is 3.00 bits per heavy atom. The van der Waals surface area contributed by atoms with E-state index in [1.807, 2.05) is 24.3 Å². The van der Waals surface area contributed by atoms with Gasteiger partial charge in [0.15, 0.2) is 5.58 Å². The van der Waals surface area contributed by atoms with Crippen LogP contribution in [0.3, 0.4) is 0 Å². The third kappa shape index (κ3) is 1.32. The molecule has 0 aliphatic heterocycles. The summed E-state index contributed by atoms with van der Waals surface area (Å²) >= 11 is 1.62. The van der Waals surface area contributed by atoms with Crippen LogP contribution in [0, 0.1) is 0 Å². The van der Waals surface area contributed by atoms with Crippen molar-refractivity contribution in [2.75, 3.05) is 5.75 Å². The van der Waals surface area contributed by atoms with E-state index in [0.717, 1.165) is 22.1 Å². The van der Waals surface area contributed by atoms with Gasteiger partial charge in [-0.2, -0.15) is 0 Å². The molecule has 3 heteroatoms. The van der Waals surface area contributed by atoms with Crippen molar-refractivity contribution in [2.45, 2.75) is 12.1 Å². The number of hydrogen-bond acceptors (Lipinski definition) is 3. The van der Waals surface area contributed by atoms with E-state index in [1.165, 1.54) is 0 Å². The smallest absolute Gasteiger partial charge is 0.256 e. The number of fused-ring (bicyclic) bond motifs is 1. The van der Waals surface area contributed by atoms with Gasteiger partial charge in [-0.05, 0) is 17.9 Å². The number of oxazole rings is 1. The normalized spacial score (nSPS) is 10.8. The van der Waals surface area contributed by atoms with Crippen LogP contribution in [0.5, 0.6) is 0 Å². The average Bonchev–Trinajstić information content (AvgIpc) is 2.47. The fraction of sp³-hybridized carbons (Fsp3) is 0.222. The zero-order chi connectivity index (χ0) is 8.39. The molecule has 2 nitrogen and oxygen atoms in total. The van der Waals surface area contributed by atoms with Crippen molar-refractivity contribution >= 4 is 22.9 Å². The van der Waals surface area contributed by atoms with Gasteiger partial charge in [0, 0.05) is 0 Å². The van der Waals surface area contributed by atoms with Crippen molar-refractivity contribution in [1.29, 1.82) is 0 Å². The first-order chi connectivity index (χ1) is 5.90. The summed E-state index contributed by atoms with van der Waals surface area (Å²) in [5.74, 6) is 0.993. The van der Waals surface area contributed by atoms with E-state index in [9.17, 15) is 0 Å². The van der Waals surface area contributed by atoms with Gasteiger partial charge in [-0.3, -0.25) is 0 Å². The van der Waals surface area contributed by atoms with E-state index in [0.29, 0.717) is 0 Å². The standard InChI is InChI=1S/C9H9NOS/c1-2-12-9-10-7-5-3-4-6-8(7)11-9/h3-6H,2H2,1H3. The van der Waals surface area contributed by atoms with E-state index in [4.69, 9.17) is 4.42 Å². The lowest BCUT2D eigenvalue weighted by Crippen LogP contribution is -1.69. The molecular formula is C9H9NOS. The van der Waals surface area contributed by atoms with Gasteiger partial charge < -0.3 is 4.42 Å². The highest BCUT2D eigenvalue weighted by atomic mass is 32.2. The summed E-state index contributed by atoms with van der Waals surface area (Å²) in [5, 5.41) is 0.763. The highest BCUT2D eigenvalue weighted by molar-refractivity contribution is 7.99. The van der Waals surface area contributed by atoms with Crippen molar-refractivity contribution in [2.24, 2.45) is 0 Å². The molecule has 2 aromatic rings. The molecule has 0 bridgehead atoms. The summed E-state index contributed by atoms with van der Waals surface area (Å²) in [7, 11) is 0. The Balaban J connectivity index is 2.47. The van der Waals surface area contributed by atoms with Crippen LogP contribution in [0.2, 0.25) is 0 Å². The number of benzene rings is 1. The molecule has 0 unspecified atom stereocenters. The Morgan fingerprint density at radius 1 is 1.42 bits per heavy atom. The lowest BCUT2D eigenvalue weighted by Gasteiger charge is -1.84. The van der Waals surface area contributed by atoms with Crippen LogP contribution in [0.25, 0.3) is 11.1 Å². The molecule has 0 N–H and O–H groups in total. The van der Waals surface area contributed by atoms with E-state index in [1.54, 1.807) is 11.8 Å². The van der Waals surface area contributed by atoms with Gasteiger partial charge in [0.05, 0.1) is 0 Å². The van der Waals surface area contributed by atoms with Crippen LogP contribution in [0.4, 0.5) is 0 Å². The lowest BCUT2D eigenvalue weighted by atomic mass is 10.3. The van der Waals surface area contributed by atoms with Crippen molar-refractivity contribution in [1.82, 2.24) is 4.98 Å². The molecular weight excluding hydrogens is 170 g/mol. The van der Waals surface area contributed by atoms with Crippen LogP contribution in [-0.2, 0) is 0 Å². The topological polar surface area (TPSA) is 26.0 Å². The molecule has 0 saturated heterocycles. The van der Waals surface area contributed by atoms with Gasteiger partial charge >= 0.3 is 0 Å². The first-order valence-corrected chi connectivity index (χ1v) is 4.87. The van der Waals surface area contributed by atoms with Gasteiger partial charge in [-0.25, -0.2) is 4.98 Å². The Labute approximate surface area is 75.0 Å². The number of aromatic nitrogens is 1. The Hall–Kier alpha value is -0.960. The van der Waals surface area contributed by atoms with Gasteiger partial charge in [0.1, 0.15) is 5.52 Å². The fourth-order valence-corrected chi connectivity index (χ4v) is 1.59. The monoisotopic (exact) mass is 179 g/mol. The van der Waals surface area contributed by atoms with Crippen LogP contribution >= 0.6 is 11.8 Å². The van der Waals surface area contributed by atoms with E-state index in [-0.39, 0.29) is 0 Å². The first-order valence-electron chi connectivity index (χ1n) is 3.88. The van der Waals surface area contributed by atoms with Gasteiger partial charge in [0.25, 0.3) is 5.22 Å². The largest absolute Gasteiger partial charge is 0.431 e. The second-order valence-electron chi connectivity index (χ2n) is 2.38. The Morgan fingerprint density at radius 2 is 2.25 bits per heavy atom. The van der Waals surface area contributed by atoms with Crippen LogP contribution in [0.1, 0.15) is 6.92 Å². The molecule has 1 heterocycles. The number of rotatable bonds is 2. The highest BCUT2D eigenvalue weighted by Gasteiger charge is 2.02. The van der Waals surface area contributed by atoms with Crippen LogP contribution < -0.4 is 0 Å². The average molecular weight is 179 g/mol. The molecule has 0 aliphatic rings. The summed E-state index contributed by atoms with van der Waals surface area (Å²) in [6.07, 6.45) is 0. The third-order valence-corrected chi connectivity index (χ3v) is 2.25. The second kappa shape index (κ2) is 3.19. The predicted octanol–water partition coefficient (Wildman–Crippen LogP) is 2.94. The maximum absolute atomic E-state index is 5.46. The molecule has 0 fully saturated rings. The van der Waals surface area contributed by atoms with Crippen molar-refractivity contribution in [3.8, 4) is 0 Å². The molecule has 0 atom stereocenters.